The molecular formula is C12H15NO. The molecular weight excluding hydrogens is 174 g/mol. The highest BCUT2D eigenvalue weighted by Gasteiger charge is 2.18. The van der Waals surface area contributed by atoms with Crippen molar-refractivity contribution in [3.63, 3.8) is 0 Å². The van der Waals surface area contributed by atoms with E-state index in [9.17, 15) is 4.79 Å². The molecule has 1 aromatic rings. The van der Waals surface area contributed by atoms with Gasteiger partial charge < -0.3 is 5.32 Å². The van der Waals surface area contributed by atoms with Gasteiger partial charge in [-0.25, -0.2) is 0 Å². The number of hydrogen-bond acceptors (Lipinski definition) is 1. The lowest BCUT2D eigenvalue weighted by atomic mass is 9.91. The van der Waals surface area contributed by atoms with Crippen LogP contribution in [0.4, 0.5) is 5.69 Å². The first kappa shape index (κ1) is 9.25. The van der Waals surface area contributed by atoms with E-state index in [1.54, 1.807) is 0 Å². The smallest absolute Gasteiger partial charge is 0.224 e. The Morgan fingerprint density at radius 3 is 2.79 bits per heavy atom. The topological polar surface area (TPSA) is 29.1 Å². The Labute approximate surface area is 84.3 Å². The number of nitrogens with one attached hydrogen (secondary N) is 1. The molecule has 0 fully saturated rings. The van der Waals surface area contributed by atoms with Gasteiger partial charge in [0.25, 0.3) is 0 Å². The van der Waals surface area contributed by atoms with E-state index in [0.717, 1.165) is 12.1 Å². The summed E-state index contributed by atoms with van der Waals surface area (Å²) in [6.07, 6.45) is 1.51. The Hall–Kier alpha value is -1.31. The van der Waals surface area contributed by atoms with Crippen LogP contribution in [0.25, 0.3) is 0 Å². The third-order valence-electron chi connectivity index (χ3n) is 2.71. The zero-order valence-electron chi connectivity index (χ0n) is 8.63. The number of rotatable bonds is 1. The first-order valence-corrected chi connectivity index (χ1v) is 5.10. The van der Waals surface area contributed by atoms with Gasteiger partial charge in [-0.1, -0.05) is 26.0 Å². The lowest BCUT2D eigenvalue weighted by Gasteiger charge is -2.21. The normalized spacial score (nSPS) is 15.2. The highest BCUT2D eigenvalue weighted by atomic mass is 16.1. The van der Waals surface area contributed by atoms with Crippen molar-refractivity contribution >= 4 is 11.6 Å². The molecule has 0 aliphatic carbocycles. The predicted octanol–water partition coefficient (Wildman–Crippen LogP) is 2.69. The Morgan fingerprint density at radius 1 is 1.29 bits per heavy atom. The van der Waals surface area contributed by atoms with Gasteiger partial charge in [0.1, 0.15) is 0 Å². The molecule has 1 aliphatic heterocycles. The summed E-state index contributed by atoms with van der Waals surface area (Å²) in [5.41, 5.74) is 3.69. The molecule has 0 saturated heterocycles. The average molecular weight is 189 g/mol. The van der Waals surface area contributed by atoms with Gasteiger partial charge >= 0.3 is 0 Å². The van der Waals surface area contributed by atoms with Gasteiger partial charge in [-0.3, -0.25) is 4.79 Å². The van der Waals surface area contributed by atoms with Crippen molar-refractivity contribution < 1.29 is 4.79 Å². The van der Waals surface area contributed by atoms with Crippen LogP contribution in [-0.4, -0.2) is 5.91 Å². The molecule has 1 aromatic carbocycles. The average Bonchev–Trinajstić information content (AvgIpc) is 2.16. The predicted molar refractivity (Wildman–Crippen MR) is 57.5 cm³/mol. The molecule has 1 heterocycles. The Bertz CT molecular complexity index is 369. The fourth-order valence-corrected chi connectivity index (χ4v) is 1.99. The van der Waals surface area contributed by atoms with E-state index in [0.29, 0.717) is 12.3 Å². The zero-order valence-corrected chi connectivity index (χ0v) is 8.63. The van der Waals surface area contributed by atoms with Gasteiger partial charge in [0.05, 0.1) is 0 Å². The number of carbonyl (C=O) groups is 1. The first-order chi connectivity index (χ1) is 6.68. The van der Waals surface area contributed by atoms with Crippen LogP contribution in [0.1, 0.15) is 37.3 Å². The van der Waals surface area contributed by atoms with Gasteiger partial charge in [0.2, 0.25) is 5.91 Å². The lowest BCUT2D eigenvalue weighted by Crippen LogP contribution is -2.20. The Balaban J connectivity index is 2.46. The molecule has 2 nitrogen and oxygen atoms in total. The fraction of sp³-hybridized carbons (Fsp3) is 0.417. The molecule has 74 valence electrons. The standard InChI is InChI=1S/C12H15NO/c1-8(2)9-4-3-5-11-10(9)6-7-12(14)13-11/h3-5,8H,6-7H2,1-2H3,(H,13,14). The lowest BCUT2D eigenvalue weighted by molar-refractivity contribution is -0.116. The van der Waals surface area contributed by atoms with Crippen LogP contribution in [0.5, 0.6) is 0 Å². The maximum Gasteiger partial charge on any atom is 0.224 e. The van der Waals surface area contributed by atoms with Crippen LogP contribution >= 0.6 is 0 Å². The number of anilines is 1. The summed E-state index contributed by atoms with van der Waals surface area (Å²) in [5, 5.41) is 2.92. The SMILES string of the molecule is CC(C)c1cccc2c1CCC(=O)N2. The molecule has 0 saturated carbocycles. The van der Waals surface area contributed by atoms with Crippen molar-refractivity contribution in [3.05, 3.63) is 29.3 Å². The molecule has 0 radical (unpaired) electrons. The van der Waals surface area contributed by atoms with Crippen LogP contribution in [0.2, 0.25) is 0 Å². The largest absolute Gasteiger partial charge is 0.326 e. The Kier molecular flexibility index (Phi) is 2.28. The Morgan fingerprint density at radius 2 is 2.07 bits per heavy atom. The van der Waals surface area contributed by atoms with Crippen molar-refractivity contribution in [3.8, 4) is 0 Å². The van der Waals surface area contributed by atoms with Crippen molar-refractivity contribution in [1.82, 2.24) is 0 Å². The minimum absolute atomic E-state index is 0.137. The van der Waals surface area contributed by atoms with E-state index in [2.05, 4.69) is 25.2 Å². The highest BCUT2D eigenvalue weighted by molar-refractivity contribution is 5.94. The van der Waals surface area contributed by atoms with E-state index in [1.807, 2.05) is 12.1 Å². The fourth-order valence-electron chi connectivity index (χ4n) is 1.99. The first-order valence-electron chi connectivity index (χ1n) is 5.10. The molecule has 14 heavy (non-hydrogen) atoms. The minimum atomic E-state index is 0.137. The van der Waals surface area contributed by atoms with Crippen molar-refractivity contribution in [2.75, 3.05) is 5.32 Å². The molecule has 0 aromatic heterocycles. The zero-order chi connectivity index (χ0) is 10.1. The second kappa shape index (κ2) is 3.45. The van der Waals surface area contributed by atoms with Crippen LogP contribution < -0.4 is 5.32 Å². The van der Waals surface area contributed by atoms with Gasteiger partial charge in [-0.05, 0) is 29.5 Å². The molecule has 1 N–H and O–H groups in total. The number of benzene rings is 1. The quantitative estimate of drug-likeness (QED) is 0.723. The van der Waals surface area contributed by atoms with E-state index < -0.39 is 0 Å². The molecule has 0 unspecified atom stereocenters. The summed E-state index contributed by atoms with van der Waals surface area (Å²) in [7, 11) is 0. The van der Waals surface area contributed by atoms with E-state index >= 15 is 0 Å². The molecule has 1 aliphatic rings. The monoisotopic (exact) mass is 189 g/mol. The summed E-state index contributed by atoms with van der Waals surface area (Å²) in [4.78, 5) is 11.2. The van der Waals surface area contributed by atoms with E-state index in [-0.39, 0.29) is 5.91 Å². The van der Waals surface area contributed by atoms with E-state index in [4.69, 9.17) is 0 Å². The number of amides is 1. The molecule has 1 amide bonds. The van der Waals surface area contributed by atoms with Crippen LogP contribution in [0.3, 0.4) is 0 Å². The van der Waals surface area contributed by atoms with Crippen LogP contribution in [0.15, 0.2) is 18.2 Å². The van der Waals surface area contributed by atoms with Crippen molar-refractivity contribution in [2.24, 2.45) is 0 Å². The van der Waals surface area contributed by atoms with Crippen molar-refractivity contribution in [2.45, 2.75) is 32.6 Å². The second-order valence-corrected chi connectivity index (χ2v) is 4.08. The highest BCUT2D eigenvalue weighted by Crippen LogP contribution is 2.29. The summed E-state index contributed by atoms with van der Waals surface area (Å²) >= 11 is 0. The van der Waals surface area contributed by atoms with Crippen LogP contribution in [0, 0.1) is 0 Å². The summed E-state index contributed by atoms with van der Waals surface area (Å²) in [6.45, 7) is 4.37. The maximum absolute atomic E-state index is 11.2. The number of hydrogen-bond donors (Lipinski definition) is 1. The van der Waals surface area contributed by atoms with Gasteiger partial charge in [0.15, 0.2) is 0 Å². The maximum atomic E-state index is 11.2. The third kappa shape index (κ3) is 1.52. The second-order valence-electron chi connectivity index (χ2n) is 4.08. The van der Waals surface area contributed by atoms with Gasteiger partial charge in [-0.2, -0.15) is 0 Å². The molecule has 2 heteroatoms. The summed E-state index contributed by atoms with van der Waals surface area (Å²) in [5.74, 6) is 0.665. The molecule has 0 bridgehead atoms. The summed E-state index contributed by atoms with van der Waals surface area (Å²) in [6, 6.07) is 6.15. The van der Waals surface area contributed by atoms with Gasteiger partial charge in [0, 0.05) is 12.1 Å². The minimum Gasteiger partial charge on any atom is -0.326 e. The summed E-state index contributed by atoms with van der Waals surface area (Å²) < 4.78 is 0. The van der Waals surface area contributed by atoms with E-state index in [1.165, 1.54) is 11.1 Å². The number of fused-ring (bicyclic) bond motifs is 1. The molecule has 2 rings (SSSR count). The van der Waals surface area contributed by atoms with Crippen LogP contribution in [-0.2, 0) is 11.2 Å². The van der Waals surface area contributed by atoms with Crippen molar-refractivity contribution in [1.29, 1.82) is 0 Å². The van der Waals surface area contributed by atoms with Gasteiger partial charge in [-0.15, -0.1) is 0 Å². The number of carbonyl (C=O) groups excluding carboxylic acids is 1. The molecule has 0 atom stereocenters. The molecule has 0 spiro atoms. The third-order valence-corrected chi connectivity index (χ3v) is 2.71.